The first-order chi connectivity index (χ1) is 7.75. The molecule has 0 saturated heterocycles. The molecule has 2 nitrogen and oxygen atoms in total. The highest BCUT2D eigenvalue weighted by Gasteiger charge is 2.20. The van der Waals surface area contributed by atoms with Crippen LogP contribution in [0.3, 0.4) is 0 Å². The van der Waals surface area contributed by atoms with Crippen molar-refractivity contribution in [1.82, 2.24) is 0 Å². The van der Waals surface area contributed by atoms with Crippen LogP contribution in [0, 0.1) is 11.7 Å². The average molecular weight is 223 g/mol. The summed E-state index contributed by atoms with van der Waals surface area (Å²) in [5.74, 6) is 0.660. The van der Waals surface area contributed by atoms with E-state index in [1.54, 1.807) is 12.1 Å². The van der Waals surface area contributed by atoms with Crippen LogP contribution in [-0.4, -0.2) is 13.2 Å². The SMILES string of the molecule is NC(COCCC1CC1)c1ccc(F)cc1. The summed E-state index contributed by atoms with van der Waals surface area (Å²) in [6, 6.07) is 6.13. The van der Waals surface area contributed by atoms with Gasteiger partial charge in [-0.1, -0.05) is 25.0 Å². The van der Waals surface area contributed by atoms with E-state index in [4.69, 9.17) is 10.5 Å². The zero-order valence-electron chi connectivity index (χ0n) is 9.36. The molecule has 16 heavy (non-hydrogen) atoms. The molecule has 0 spiro atoms. The third-order valence-electron chi connectivity index (χ3n) is 2.96. The molecule has 0 aliphatic heterocycles. The van der Waals surface area contributed by atoms with Crippen molar-refractivity contribution >= 4 is 0 Å². The summed E-state index contributed by atoms with van der Waals surface area (Å²) < 4.78 is 18.2. The van der Waals surface area contributed by atoms with Gasteiger partial charge < -0.3 is 10.5 Å². The van der Waals surface area contributed by atoms with Gasteiger partial charge in [0.2, 0.25) is 0 Å². The fourth-order valence-corrected chi connectivity index (χ4v) is 1.67. The van der Waals surface area contributed by atoms with Gasteiger partial charge in [-0.15, -0.1) is 0 Å². The largest absolute Gasteiger partial charge is 0.379 e. The summed E-state index contributed by atoms with van der Waals surface area (Å²) in [7, 11) is 0. The lowest BCUT2D eigenvalue weighted by Crippen LogP contribution is -2.17. The van der Waals surface area contributed by atoms with Crippen molar-refractivity contribution in [3.05, 3.63) is 35.6 Å². The molecular weight excluding hydrogens is 205 g/mol. The van der Waals surface area contributed by atoms with Gasteiger partial charge in [0.05, 0.1) is 12.6 Å². The van der Waals surface area contributed by atoms with Crippen LogP contribution in [0.25, 0.3) is 0 Å². The lowest BCUT2D eigenvalue weighted by atomic mass is 10.1. The number of halogens is 1. The molecule has 88 valence electrons. The van der Waals surface area contributed by atoms with E-state index >= 15 is 0 Å². The molecule has 0 heterocycles. The Morgan fingerprint density at radius 3 is 2.62 bits per heavy atom. The fourth-order valence-electron chi connectivity index (χ4n) is 1.67. The Labute approximate surface area is 95.6 Å². The summed E-state index contributed by atoms with van der Waals surface area (Å²) in [6.45, 7) is 1.30. The Morgan fingerprint density at radius 1 is 1.31 bits per heavy atom. The van der Waals surface area contributed by atoms with Crippen molar-refractivity contribution in [2.24, 2.45) is 11.7 Å². The molecule has 0 radical (unpaired) electrons. The summed E-state index contributed by atoms with van der Waals surface area (Å²) in [5.41, 5.74) is 6.85. The summed E-state index contributed by atoms with van der Waals surface area (Å²) in [6.07, 6.45) is 3.86. The van der Waals surface area contributed by atoms with Crippen molar-refractivity contribution in [3.63, 3.8) is 0 Å². The van der Waals surface area contributed by atoms with E-state index in [9.17, 15) is 4.39 Å². The van der Waals surface area contributed by atoms with Crippen molar-refractivity contribution in [2.45, 2.75) is 25.3 Å². The molecule has 0 bridgehead atoms. The standard InChI is InChI=1S/C13H18FNO/c14-12-5-3-11(4-6-12)13(15)9-16-8-7-10-1-2-10/h3-6,10,13H,1-2,7-9,15H2. The lowest BCUT2D eigenvalue weighted by molar-refractivity contribution is 0.115. The third kappa shape index (κ3) is 3.58. The van der Waals surface area contributed by atoms with Crippen molar-refractivity contribution in [1.29, 1.82) is 0 Å². The highest BCUT2D eigenvalue weighted by molar-refractivity contribution is 5.19. The topological polar surface area (TPSA) is 35.2 Å². The number of hydrogen-bond donors (Lipinski definition) is 1. The normalized spacial score (nSPS) is 17.4. The number of nitrogens with two attached hydrogens (primary N) is 1. The fraction of sp³-hybridized carbons (Fsp3) is 0.538. The second kappa shape index (κ2) is 5.41. The van der Waals surface area contributed by atoms with E-state index in [0.717, 1.165) is 24.5 Å². The molecule has 1 saturated carbocycles. The van der Waals surface area contributed by atoms with Crippen LogP contribution in [0.2, 0.25) is 0 Å². The van der Waals surface area contributed by atoms with Crippen LogP contribution < -0.4 is 5.73 Å². The van der Waals surface area contributed by atoms with E-state index < -0.39 is 0 Å². The maximum Gasteiger partial charge on any atom is 0.123 e. The van der Waals surface area contributed by atoms with Crippen molar-refractivity contribution < 1.29 is 9.13 Å². The number of benzene rings is 1. The quantitative estimate of drug-likeness (QED) is 0.752. The minimum atomic E-state index is -0.231. The Bertz CT molecular complexity index is 321. The van der Waals surface area contributed by atoms with Gasteiger partial charge in [-0.25, -0.2) is 4.39 Å². The summed E-state index contributed by atoms with van der Waals surface area (Å²) in [4.78, 5) is 0. The van der Waals surface area contributed by atoms with Crippen LogP contribution in [-0.2, 0) is 4.74 Å². The van der Waals surface area contributed by atoms with Gasteiger partial charge in [0, 0.05) is 6.61 Å². The van der Waals surface area contributed by atoms with Crippen LogP contribution in [0.5, 0.6) is 0 Å². The third-order valence-corrected chi connectivity index (χ3v) is 2.96. The minimum absolute atomic E-state index is 0.153. The molecule has 1 aromatic rings. The van der Waals surface area contributed by atoms with E-state index in [1.807, 2.05) is 0 Å². The van der Waals surface area contributed by atoms with Crippen molar-refractivity contribution in [3.8, 4) is 0 Å². The molecule has 2 rings (SSSR count). The van der Waals surface area contributed by atoms with E-state index in [2.05, 4.69) is 0 Å². The predicted octanol–water partition coefficient (Wildman–Crippen LogP) is 2.64. The summed E-state index contributed by atoms with van der Waals surface area (Å²) >= 11 is 0. The van der Waals surface area contributed by atoms with Crippen molar-refractivity contribution in [2.75, 3.05) is 13.2 Å². The van der Waals surface area contributed by atoms with Crippen LogP contribution in [0.4, 0.5) is 4.39 Å². The summed E-state index contributed by atoms with van der Waals surface area (Å²) in [5, 5.41) is 0. The molecule has 2 N–H and O–H groups in total. The van der Waals surface area contributed by atoms with Crippen LogP contribution in [0.15, 0.2) is 24.3 Å². The Balaban J connectivity index is 1.69. The first-order valence-corrected chi connectivity index (χ1v) is 5.84. The molecule has 0 amide bonds. The Morgan fingerprint density at radius 2 is 2.00 bits per heavy atom. The van der Waals surface area contributed by atoms with Crippen LogP contribution in [0.1, 0.15) is 30.9 Å². The van der Waals surface area contributed by atoms with E-state index in [-0.39, 0.29) is 11.9 Å². The molecule has 1 unspecified atom stereocenters. The molecular formula is C13H18FNO. The second-order valence-electron chi connectivity index (χ2n) is 4.47. The smallest absolute Gasteiger partial charge is 0.123 e. The Kier molecular flexibility index (Phi) is 3.91. The van der Waals surface area contributed by atoms with Gasteiger partial charge in [0.25, 0.3) is 0 Å². The molecule has 1 aromatic carbocycles. The monoisotopic (exact) mass is 223 g/mol. The van der Waals surface area contributed by atoms with Gasteiger partial charge in [0.1, 0.15) is 5.82 Å². The first kappa shape index (κ1) is 11.6. The van der Waals surface area contributed by atoms with E-state index in [1.165, 1.54) is 25.0 Å². The zero-order chi connectivity index (χ0) is 11.4. The molecule has 1 atom stereocenters. The Hall–Kier alpha value is -0.930. The molecule has 1 aliphatic rings. The van der Waals surface area contributed by atoms with Gasteiger partial charge >= 0.3 is 0 Å². The molecule has 3 heteroatoms. The second-order valence-corrected chi connectivity index (χ2v) is 4.47. The van der Waals surface area contributed by atoms with Gasteiger partial charge in [-0.2, -0.15) is 0 Å². The average Bonchev–Trinajstić information content (AvgIpc) is 3.09. The highest BCUT2D eigenvalue weighted by atomic mass is 19.1. The molecule has 1 fully saturated rings. The number of rotatable bonds is 6. The number of ether oxygens (including phenoxy) is 1. The maximum absolute atomic E-state index is 12.7. The minimum Gasteiger partial charge on any atom is -0.379 e. The van der Waals surface area contributed by atoms with Crippen LogP contribution >= 0.6 is 0 Å². The van der Waals surface area contributed by atoms with Gasteiger partial charge in [-0.05, 0) is 30.0 Å². The zero-order valence-corrected chi connectivity index (χ0v) is 9.36. The molecule has 1 aliphatic carbocycles. The van der Waals surface area contributed by atoms with Gasteiger partial charge in [0.15, 0.2) is 0 Å². The predicted molar refractivity (Wildman–Crippen MR) is 61.5 cm³/mol. The number of hydrogen-bond acceptors (Lipinski definition) is 2. The van der Waals surface area contributed by atoms with E-state index in [0.29, 0.717) is 6.61 Å². The maximum atomic E-state index is 12.7. The highest BCUT2D eigenvalue weighted by Crippen LogP contribution is 2.32. The molecule has 0 aromatic heterocycles. The van der Waals surface area contributed by atoms with Gasteiger partial charge in [-0.3, -0.25) is 0 Å². The first-order valence-electron chi connectivity index (χ1n) is 5.84. The lowest BCUT2D eigenvalue weighted by Gasteiger charge is -2.12.